The minimum Gasteiger partial charge on any atom is -0.341 e. The van der Waals surface area contributed by atoms with Crippen LogP contribution in [0.25, 0.3) is 33.6 Å². The van der Waals surface area contributed by atoms with Crippen molar-refractivity contribution in [3.63, 3.8) is 0 Å². The number of benzene rings is 2. The van der Waals surface area contributed by atoms with Gasteiger partial charge in [0.05, 0.1) is 36.4 Å². The summed E-state index contributed by atoms with van der Waals surface area (Å²) in [6.45, 7) is 7.54. The zero-order chi connectivity index (χ0) is 27.3. The lowest BCUT2D eigenvalue weighted by Crippen LogP contribution is -2.21. The van der Waals surface area contributed by atoms with Crippen molar-refractivity contribution in [1.29, 1.82) is 0 Å². The van der Waals surface area contributed by atoms with Gasteiger partial charge in [-0.3, -0.25) is 0 Å². The van der Waals surface area contributed by atoms with Crippen LogP contribution in [0.3, 0.4) is 0 Å². The molecule has 0 amide bonds. The fourth-order valence-corrected chi connectivity index (χ4v) is 5.47. The highest BCUT2D eigenvalue weighted by molar-refractivity contribution is 5.71. The molecule has 2 aromatic carbocycles. The minimum absolute atomic E-state index is 0.361. The summed E-state index contributed by atoms with van der Waals surface area (Å²) < 4.78 is 0. The molecule has 2 unspecified atom stereocenters. The third kappa shape index (κ3) is 7.29. The highest BCUT2D eigenvalue weighted by Crippen LogP contribution is 2.35. The molecule has 0 bridgehead atoms. The van der Waals surface area contributed by atoms with Gasteiger partial charge in [0, 0.05) is 0 Å². The van der Waals surface area contributed by atoms with Crippen LogP contribution in [-0.4, -0.2) is 33.0 Å². The Kier molecular flexibility index (Phi) is 8.45. The molecule has 4 aromatic rings. The summed E-state index contributed by atoms with van der Waals surface area (Å²) >= 11 is 0. The quantitative estimate of drug-likeness (QED) is 0.169. The van der Waals surface area contributed by atoms with Gasteiger partial charge in [0.15, 0.2) is 0 Å². The van der Waals surface area contributed by atoms with Gasteiger partial charge < -0.3 is 20.6 Å². The topological polar surface area (TPSA) is 81.4 Å². The van der Waals surface area contributed by atoms with Crippen molar-refractivity contribution in [1.82, 2.24) is 30.6 Å². The molecular formula is C34H44N6. The van der Waals surface area contributed by atoms with Crippen LogP contribution in [0.2, 0.25) is 0 Å². The molecule has 3 aliphatic rings. The Balaban J connectivity index is 0.000000666. The number of rotatable bonds is 10. The van der Waals surface area contributed by atoms with Crippen LogP contribution in [0, 0.1) is 17.8 Å². The minimum atomic E-state index is 0.361. The number of hydrogen-bond donors (Lipinski definition) is 4. The van der Waals surface area contributed by atoms with Crippen LogP contribution in [0.1, 0.15) is 76.5 Å². The molecule has 2 atom stereocenters. The van der Waals surface area contributed by atoms with E-state index in [4.69, 9.17) is 0 Å². The van der Waals surface area contributed by atoms with Gasteiger partial charge in [0.2, 0.25) is 0 Å². The molecule has 4 N–H and O–H groups in total. The molecule has 3 fully saturated rings. The standard InChI is InChI=1S/C30H36N6.C4H8/c1-20(15-21-4-5-21)16-31-19-29-33-17-27(35-29)24-10-6-22(7-11-24)23-8-12-25(13-9-23)28-18-34-30(36-28)26-3-2-14-32-26;1-4-2-3-4/h6-13,17-18,20-21,26,31-32H,2-5,14-16,19H2,1H3,(H,33,35)(H,34,36);4H,2-3H2,1H3. The Hall–Kier alpha value is -3.22. The number of imidazole rings is 2. The van der Waals surface area contributed by atoms with Gasteiger partial charge in [-0.05, 0) is 72.4 Å². The van der Waals surface area contributed by atoms with Gasteiger partial charge in [0.25, 0.3) is 0 Å². The molecule has 2 saturated carbocycles. The van der Waals surface area contributed by atoms with Crippen molar-refractivity contribution in [2.45, 2.75) is 71.4 Å². The Morgan fingerprint density at radius 3 is 1.98 bits per heavy atom. The molecule has 1 aliphatic heterocycles. The van der Waals surface area contributed by atoms with Gasteiger partial charge in [-0.15, -0.1) is 0 Å². The van der Waals surface area contributed by atoms with E-state index in [0.29, 0.717) is 6.04 Å². The first kappa shape index (κ1) is 27.0. The normalized spacial score (nSPS) is 19.3. The van der Waals surface area contributed by atoms with Gasteiger partial charge in [-0.25, -0.2) is 9.97 Å². The summed E-state index contributed by atoms with van der Waals surface area (Å²) in [5, 5.41) is 7.06. The van der Waals surface area contributed by atoms with E-state index in [2.05, 4.69) is 92.9 Å². The Bertz CT molecular complexity index is 1340. The molecule has 0 spiro atoms. The van der Waals surface area contributed by atoms with Crippen molar-refractivity contribution >= 4 is 0 Å². The van der Waals surface area contributed by atoms with E-state index in [9.17, 15) is 0 Å². The molecule has 2 aromatic heterocycles. The smallest absolute Gasteiger partial charge is 0.123 e. The highest BCUT2D eigenvalue weighted by Gasteiger charge is 2.23. The zero-order valence-electron chi connectivity index (χ0n) is 24.0. The molecule has 7 rings (SSSR count). The second-order valence-corrected chi connectivity index (χ2v) is 12.3. The largest absolute Gasteiger partial charge is 0.341 e. The first-order valence-electron chi connectivity index (χ1n) is 15.3. The predicted octanol–water partition coefficient (Wildman–Crippen LogP) is 7.50. The number of nitrogens with zero attached hydrogens (tertiary/aromatic N) is 2. The molecule has 6 nitrogen and oxygen atoms in total. The summed E-state index contributed by atoms with van der Waals surface area (Å²) in [6, 6.07) is 17.8. The monoisotopic (exact) mass is 536 g/mol. The second kappa shape index (κ2) is 12.5. The Morgan fingerprint density at radius 1 is 0.800 bits per heavy atom. The first-order valence-corrected chi connectivity index (χ1v) is 15.3. The molecule has 0 radical (unpaired) electrons. The molecule has 40 heavy (non-hydrogen) atoms. The van der Waals surface area contributed by atoms with Crippen LogP contribution in [0.15, 0.2) is 60.9 Å². The maximum absolute atomic E-state index is 4.60. The average Bonchev–Trinajstić information content (AvgIpc) is 3.72. The lowest BCUT2D eigenvalue weighted by atomic mass is 10.0. The van der Waals surface area contributed by atoms with E-state index in [-0.39, 0.29) is 0 Å². The van der Waals surface area contributed by atoms with E-state index in [0.717, 1.165) is 78.0 Å². The van der Waals surface area contributed by atoms with Crippen molar-refractivity contribution in [2.75, 3.05) is 13.1 Å². The lowest BCUT2D eigenvalue weighted by molar-refractivity contribution is 0.453. The van der Waals surface area contributed by atoms with Crippen molar-refractivity contribution < 1.29 is 0 Å². The molecular weight excluding hydrogens is 492 g/mol. The summed E-state index contributed by atoms with van der Waals surface area (Å²) in [5.41, 5.74) is 6.86. The molecule has 2 aliphatic carbocycles. The molecule has 3 heterocycles. The maximum atomic E-state index is 4.60. The van der Waals surface area contributed by atoms with Crippen LogP contribution in [-0.2, 0) is 6.54 Å². The molecule has 6 heteroatoms. The Morgan fingerprint density at radius 2 is 1.40 bits per heavy atom. The van der Waals surface area contributed by atoms with Gasteiger partial charge in [-0.1, -0.05) is 88.1 Å². The third-order valence-corrected chi connectivity index (χ3v) is 8.42. The predicted molar refractivity (Wildman–Crippen MR) is 164 cm³/mol. The summed E-state index contributed by atoms with van der Waals surface area (Å²) in [7, 11) is 0. The number of H-pyrrole nitrogens is 2. The van der Waals surface area contributed by atoms with Crippen LogP contribution < -0.4 is 10.6 Å². The van der Waals surface area contributed by atoms with E-state index < -0.39 is 0 Å². The molecule has 1 saturated heterocycles. The van der Waals surface area contributed by atoms with E-state index in [1.807, 2.05) is 12.4 Å². The summed E-state index contributed by atoms with van der Waals surface area (Å²) in [5.74, 6) is 4.85. The second-order valence-electron chi connectivity index (χ2n) is 12.3. The SMILES string of the molecule is CC(CNCc1ncc(-c2ccc(-c3ccc(-c4cnc(C5CCCN5)[nH]4)cc3)cc2)[nH]1)CC1CC1.CC1CC1. The number of aromatic amines is 2. The van der Waals surface area contributed by atoms with Crippen molar-refractivity contribution in [3.05, 3.63) is 72.6 Å². The van der Waals surface area contributed by atoms with E-state index in [1.54, 1.807) is 0 Å². The highest BCUT2D eigenvalue weighted by atomic mass is 15.0. The average molecular weight is 537 g/mol. The van der Waals surface area contributed by atoms with Crippen molar-refractivity contribution in [3.8, 4) is 33.6 Å². The summed E-state index contributed by atoms with van der Waals surface area (Å²) in [6.07, 6.45) is 13.4. The number of nitrogens with one attached hydrogen (secondary N) is 4. The van der Waals surface area contributed by atoms with Crippen LogP contribution >= 0.6 is 0 Å². The third-order valence-electron chi connectivity index (χ3n) is 8.42. The Labute approximate surface area is 238 Å². The number of hydrogen-bond acceptors (Lipinski definition) is 4. The summed E-state index contributed by atoms with van der Waals surface area (Å²) in [4.78, 5) is 16.2. The molecule has 210 valence electrons. The number of aromatic nitrogens is 4. The maximum Gasteiger partial charge on any atom is 0.123 e. The fraction of sp³-hybridized carbons (Fsp3) is 0.471. The van der Waals surface area contributed by atoms with Crippen LogP contribution in [0.4, 0.5) is 0 Å². The first-order chi connectivity index (χ1) is 19.6. The van der Waals surface area contributed by atoms with Crippen molar-refractivity contribution in [2.24, 2.45) is 17.8 Å². The van der Waals surface area contributed by atoms with Gasteiger partial charge in [-0.2, -0.15) is 0 Å². The van der Waals surface area contributed by atoms with E-state index in [1.165, 1.54) is 49.7 Å². The zero-order valence-corrected chi connectivity index (χ0v) is 24.0. The van der Waals surface area contributed by atoms with E-state index >= 15 is 0 Å². The van der Waals surface area contributed by atoms with Crippen LogP contribution in [0.5, 0.6) is 0 Å². The lowest BCUT2D eigenvalue weighted by Gasteiger charge is -2.10. The van der Waals surface area contributed by atoms with Gasteiger partial charge >= 0.3 is 0 Å². The van der Waals surface area contributed by atoms with Gasteiger partial charge in [0.1, 0.15) is 11.6 Å². The fourth-order valence-electron chi connectivity index (χ4n) is 5.47.